The molecule has 8 nitrogen and oxygen atoms in total. The fourth-order valence-electron chi connectivity index (χ4n) is 5.11. The first-order valence-electron chi connectivity index (χ1n) is 14.2. The van der Waals surface area contributed by atoms with Crippen molar-refractivity contribution < 1.29 is 14.4 Å². The zero-order valence-electron chi connectivity index (χ0n) is 23.9. The van der Waals surface area contributed by atoms with Crippen LogP contribution >= 0.6 is 46.4 Å². The molecule has 3 N–H and O–H groups in total. The lowest BCUT2D eigenvalue weighted by molar-refractivity contribution is -0.141. The van der Waals surface area contributed by atoms with Gasteiger partial charge in [-0.25, -0.2) is 0 Å². The first-order valence-corrected chi connectivity index (χ1v) is 15.7. The van der Waals surface area contributed by atoms with Crippen LogP contribution in [0.2, 0.25) is 20.1 Å². The first kappa shape index (κ1) is 34.4. The number of rotatable bonds is 16. The van der Waals surface area contributed by atoms with Crippen LogP contribution in [0, 0.1) is 0 Å². The average molecular weight is 659 g/mol. The lowest BCUT2D eigenvalue weighted by Gasteiger charge is -2.27. The minimum absolute atomic E-state index is 0.0956. The molecule has 1 unspecified atom stereocenters. The Kier molecular flexibility index (Phi) is 14.2. The fraction of sp³-hybridized carbons (Fsp3) is 0.500. The van der Waals surface area contributed by atoms with Crippen LogP contribution in [0.3, 0.4) is 0 Å². The van der Waals surface area contributed by atoms with E-state index in [4.69, 9.17) is 52.1 Å². The van der Waals surface area contributed by atoms with Gasteiger partial charge in [0.2, 0.25) is 17.7 Å². The van der Waals surface area contributed by atoms with Crippen molar-refractivity contribution in [2.24, 2.45) is 5.73 Å². The van der Waals surface area contributed by atoms with Gasteiger partial charge >= 0.3 is 0 Å². The summed E-state index contributed by atoms with van der Waals surface area (Å²) in [5.74, 6) is -1.25. The van der Waals surface area contributed by atoms with Crippen molar-refractivity contribution in [2.75, 3.05) is 52.9 Å². The van der Waals surface area contributed by atoms with Crippen molar-refractivity contribution in [1.82, 2.24) is 20.0 Å². The van der Waals surface area contributed by atoms with E-state index in [2.05, 4.69) is 17.3 Å². The van der Waals surface area contributed by atoms with Gasteiger partial charge in [-0.1, -0.05) is 58.5 Å². The summed E-state index contributed by atoms with van der Waals surface area (Å²) in [5.41, 5.74) is 7.05. The minimum atomic E-state index is -0.647. The maximum absolute atomic E-state index is 13.4. The summed E-state index contributed by atoms with van der Waals surface area (Å²) >= 11 is 24.7. The maximum Gasteiger partial charge on any atom is 0.242 e. The van der Waals surface area contributed by atoms with Crippen molar-refractivity contribution in [3.05, 3.63) is 67.6 Å². The first-order chi connectivity index (χ1) is 20.0. The molecule has 1 heterocycles. The second kappa shape index (κ2) is 17.3. The van der Waals surface area contributed by atoms with Crippen molar-refractivity contribution in [1.29, 1.82) is 0 Å². The van der Waals surface area contributed by atoms with E-state index < -0.39 is 11.8 Å². The van der Waals surface area contributed by atoms with Gasteiger partial charge in [-0.2, -0.15) is 0 Å². The molecule has 0 bridgehead atoms. The fourth-order valence-corrected chi connectivity index (χ4v) is 6.11. The molecule has 0 aromatic heterocycles. The number of primary amides is 1. The molecule has 2 aromatic rings. The van der Waals surface area contributed by atoms with Crippen LogP contribution in [0.25, 0.3) is 0 Å². The number of amides is 3. The van der Waals surface area contributed by atoms with Gasteiger partial charge in [0.1, 0.15) is 0 Å². The molecule has 0 radical (unpaired) electrons. The highest BCUT2D eigenvalue weighted by Gasteiger charge is 2.23. The van der Waals surface area contributed by atoms with Gasteiger partial charge in [0.25, 0.3) is 0 Å². The summed E-state index contributed by atoms with van der Waals surface area (Å²) in [6, 6.07) is 10.9. The number of hydrogen-bond donors (Lipinski definition) is 2. The number of carbonyl (C=O) groups is 3. The molecule has 42 heavy (non-hydrogen) atoms. The molecular formula is C30H39Cl4N5O3. The van der Waals surface area contributed by atoms with Crippen molar-refractivity contribution >= 4 is 64.1 Å². The van der Waals surface area contributed by atoms with E-state index in [0.717, 1.165) is 30.5 Å². The zero-order valence-corrected chi connectivity index (χ0v) is 26.9. The van der Waals surface area contributed by atoms with E-state index >= 15 is 0 Å². The topological polar surface area (TPSA) is 99.0 Å². The molecule has 1 saturated heterocycles. The summed E-state index contributed by atoms with van der Waals surface area (Å²) in [6.07, 6.45) is 5.30. The summed E-state index contributed by atoms with van der Waals surface area (Å²) < 4.78 is 0. The standard InChI is InChI=1S/C30H39Cl4N5O3/c1-37-13-3-5-25(37)4-2-12-36-18-29(41)39(15-11-22-7-9-24(32)17-27(22)34)20-30(42)38(19-28(35)40)14-10-21-6-8-23(31)16-26(21)33/h6-9,16-17,25,36H,2-5,10-15,18-20H2,1H3,(H2,35,40). The van der Waals surface area contributed by atoms with Crippen LogP contribution in [0.15, 0.2) is 36.4 Å². The number of halogens is 4. The van der Waals surface area contributed by atoms with Crippen molar-refractivity contribution in [3.63, 3.8) is 0 Å². The third-order valence-electron chi connectivity index (χ3n) is 7.55. The number of nitrogens with two attached hydrogens (primary N) is 1. The van der Waals surface area contributed by atoms with Gasteiger partial charge in [0.15, 0.2) is 0 Å². The Morgan fingerprint density at radius 2 is 1.48 bits per heavy atom. The molecule has 0 spiro atoms. The number of nitrogens with zero attached hydrogens (tertiary/aromatic N) is 3. The maximum atomic E-state index is 13.4. The van der Waals surface area contributed by atoms with Crippen LogP contribution in [0.5, 0.6) is 0 Å². The predicted octanol–water partition coefficient (Wildman–Crippen LogP) is 4.69. The molecule has 1 aliphatic heterocycles. The third-order valence-corrected chi connectivity index (χ3v) is 8.72. The van der Waals surface area contributed by atoms with E-state index in [1.165, 1.54) is 22.6 Å². The quantitative estimate of drug-likeness (QED) is 0.255. The highest BCUT2D eigenvalue weighted by Crippen LogP contribution is 2.23. The molecule has 1 atom stereocenters. The van der Waals surface area contributed by atoms with E-state index in [9.17, 15) is 14.4 Å². The highest BCUT2D eigenvalue weighted by molar-refractivity contribution is 6.35. The molecule has 2 aromatic carbocycles. The van der Waals surface area contributed by atoms with Crippen LogP contribution in [0.4, 0.5) is 0 Å². The number of likely N-dealkylation sites (tertiary alicyclic amines) is 1. The Labute approximate surface area is 268 Å². The van der Waals surface area contributed by atoms with Crippen molar-refractivity contribution in [2.45, 2.75) is 44.6 Å². The largest absolute Gasteiger partial charge is 0.368 e. The van der Waals surface area contributed by atoms with E-state index in [-0.39, 0.29) is 38.6 Å². The Morgan fingerprint density at radius 1 is 0.905 bits per heavy atom. The third kappa shape index (κ3) is 11.2. The number of hydrogen-bond acceptors (Lipinski definition) is 5. The van der Waals surface area contributed by atoms with Crippen LogP contribution < -0.4 is 11.1 Å². The molecule has 3 amide bonds. The molecule has 0 aliphatic carbocycles. The Morgan fingerprint density at radius 3 is 1.98 bits per heavy atom. The molecule has 3 rings (SSSR count). The van der Waals surface area contributed by atoms with Gasteiger partial charge in [-0.05, 0) is 94.1 Å². The van der Waals surface area contributed by atoms with Crippen molar-refractivity contribution in [3.8, 4) is 0 Å². The van der Waals surface area contributed by atoms with Crippen LogP contribution in [-0.4, -0.2) is 91.3 Å². The molecule has 1 fully saturated rings. The summed E-state index contributed by atoms with van der Waals surface area (Å²) in [7, 11) is 2.15. The average Bonchev–Trinajstić information content (AvgIpc) is 3.34. The normalized spacial score (nSPS) is 15.1. The zero-order chi connectivity index (χ0) is 30.6. The second-order valence-corrected chi connectivity index (χ2v) is 12.4. The second-order valence-electron chi connectivity index (χ2n) is 10.7. The smallest absolute Gasteiger partial charge is 0.242 e. The Balaban J connectivity index is 1.63. The molecular weight excluding hydrogens is 620 g/mol. The van der Waals surface area contributed by atoms with Gasteiger partial charge in [-0.15, -0.1) is 0 Å². The number of nitrogens with one attached hydrogen (secondary N) is 1. The molecule has 0 saturated carbocycles. The number of benzene rings is 2. The molecule has 12 heteroatoms. The summed E-state index contributed by atoms with van der Waals surface area (Å²) in [6.45, 7) is 1.91. The van der Waals surface area contributed by atoms with Crippen LogP contribution in [0.1, 0.15) is 36.8 Å². The predicted molar refractivity (Wildman–Crippen MR) is 170 cm³/mol. The van der Waals surface area contributed by atoms with E-state index in [0.29, 0.717) is 45.5 Å². The summed E-state index contributed by atoms with van der Waals surface area (Å²) in [4.78, 5) is 43.8. The van der Waals surface area contributed by atoms with Gasteiger partial charge < -0.3 is 25.8 Å². The Hall–Kier alpha value is -2.07. The lowest BCUT2D eigenvalue weighted by Crippen LogP contribution is -2.48. The van der Waals surface area contributed by atoms with Gasteiger partial charge in [0, 0.05) is 39.2 Å². The minimum Gasteiger partial charge on any atom is -0.368 e. The van der Waals surface area contributed by atoms with Crippen LogP contribution in [-0.2, 0) is 27.2 Å². The number of carbonyl (C=O) groups excluding carboxylic acids is 3. The SMILES string of the molecule is CN1CCCC1CCCNCC(=O)N(CCc1ccc(Cl)cc1Cl)CC(=O)N(CCc1ccc(Cl)cc1Cl)CC(N)=O. The van der Waals surface area contributed by atoms with Gasteiger partial charge in [-0.3, -0.25) is 14.4 Å². The Bertz CT molecular complexity index is 1230. The molecule has 1 aliphatic rings. The summed E-state index contributed by atoms with van der Waals surface area (Å²) in [5, 5.41) is 5.22. The van der Waals surface area contributed by atoms with E-state index in [1.807, 2.05) is 6.07 Å². The van der Waals surface area contributed by atoms with E-state index in [1.54, 1.807) is 30.3 Å². The lowest BCUT2D eigenvalue weighted by atomic mass is 10.1. The highest BCUT2D eigenvalue weighted by atomic mass is 35.5. The van der Waals surface area contributed by atoms with Gasteiger partial charge in [0.05, 0.1) is 19.6 Å². The monoisotopic (exact) mass is 657 g/mol. The molecule has 230 valence electrons.